The Bertz CT molecular complexity index is 791. The summed E-state index contributed by atoms with van der Waals surface area (Å²) >= 11 is 0. The SMILES string of the molecule is O=C(c1ccc(Oc2ccc([N+](=O)[O-])nc2)cc1F)N1CCOCC1. The number of nitro groups is 1. The number of rotatable bonds is 4. The minimum atomic E-state index is -0.705. The molecule has 1 aromatic carbocycles. The number of carbonyl (C=O) groups excluding carboxylic acids is 1. The second kappa shape index (κ2) is 7.22. The van der Waals surface area contributed by atoms with E-state index >= 15 is 0 Å². The number of hydrogen-bond donors (Lipinski definition) is 0. The summed E-state index contributed by atoms with van der Waals surface area (Å²) in [6.45, 7) is 1.71. The molecule has 0 radical (unpaired) electrons. The quantitative estimate of drug-likeness (QED) is 0.622. The van der Waals surface area contributed by atoms with Crippen LogP contribution in [-0.4, -0.2) is 47.0 Å². The summed E-state index contributed by atoms with van der Waals surface area (Å²) in [7, 11) is 0. The van der Waals surface area contributed by atoms with Crippen molar-refractivity contribution in [1.29, 1.82) is 0 Å². The van der Waals surface area contributed by atoms with Crippen LogP contribution < -0.4 is 4.74 Å². The van der Waals surface area contributed by atoms with Crippen molar-refractivity contribution in [3.05, 3.63) is 58.0 Å². The van der Waals surface area contributed by atoms with Crippen molar-refractivity contribution >= 4 is 11.7 Å². The molecule has 9 heteroatoms. The van der Waals surface area contributed by atoms with Gasteiger partial charge in [-0.15, -0.1) is 0 Å². The Morgan fingerprint density at radius 2 is 1.96 bits per heavy atom. The Kier molecular flexibility index (Phi) is 4.85. The van der Waals surface area contributed by atoms with Gasteiger partial charge in [0.1, 0.15) is 11.6 Å². The Morgan fingerprint density at radius 3 is 2.56 bits per heavy atom. The molecule has 2 aromatic rings. The molecule has 0 atom stereocenters. The van der Waals surface area contributed by atoms with E-state index in [1.165, 1.54) is 35.4 Å². The number of hydrogen-bond acceptors (Lipinski definition) is 6. The first-order valence-electron chi connectivity index (χ1n) is 7.49. The number of morpholine rings is 1. The van der Waals surface area contributed by atoms with Crippen LogP contribution in [-0.2, 0) is 4.74 Å². The molecule has 25 heavy (non-hydrogen) atoms. The number of pyridine rings is 1. The van der Waals surface area contributed by atoms with E-state index in [2.05, 4.69) is 4.98 Å². The van der Waals surface area contributed by atoms with E-state index in [1.807, 2.05) is 0 Å². The van der Waals surface area contributed by atoms with Gasteiger partial charge in [0.25, 0.3) is 5.91 Å². The summed E-state index contributed by atoms with van der Waals surface area (Å²) in [5, 5.41) is 10.6. The lowest BCUT2D eigenvalue weighted by Crippen LogP contribution is -2.41. The van der Waals surface area contributed by atoms with Crippen molar-refractivity contribution in [2.24, 2.45) is 0 Å². The van der Waals surface area contributed by atoms with Crippen LogP contribution in [0.2, 0.25) is 0 Å². The Morgan fingerprint density at radius 1 is 1.24 bits per heavy atom. The van der Waals surface area contributed by atoms with Crippen LogP contribution in [0, 0.1) is 15.9 Å². The predicted octanol–water partition coefficient (Wildman–Crippen LogP) is 2.39. The van der Waals surface area contributed by atoms with Crippen LogP contribution in [0.4, 0.5) is 10.2 Å². The van der Waals surface area contributed by atoms with Gasteiger partial charge < -0.3 is 24.5 Å². The van der Waals surface area contributed by atoms with E-state index in [1.54, 1.807) is 0 Å². The van der Waals surface area contributed by atoms with Gasteiger partial charge in [0.2, 0.25) is 0 Å². The van der Waals surface area contributed by atoms with E-state index in [0.29, 0.717) is 26.3 Å². The van der Waals surface area contributed by atoms with Crippen molar-refractivity contribution in [1.82, 2.24) is 9.88 Å². The fourth-order valence-corrected chi connectivity index (χ4v) is 2.35. The lowest BCUT2D eigenvalue weighted by molar-refractivity contribution is -0.389. The molecular formula is C16H14FN3O5. The van der Waals surface area contributed by atoms with Gasteiger partial charge >= 0.3 is 5.82 Å². The number of halogens is 1. The van der Waals surface area contributed by atoms with Crippen LogP contribution in [0.15, 0.2) is 36.5 Å². The summed E-state index contributed by atoms with van der Waals surface area (Å²) in [6.07, 6.45) is 1.17. The van der Waals surface area contributed by atoms with Gasteiger partial charge in [0, 0.05) is 25.2 Å². The molecule has 0 aliphatic carbocycles. The minimum absolute atomic E-state index is 0.0453. The maximum absolute atomic E-state index is 14.3. The van der Waals surface area contributed by atoms with Crippen molar-refractivity contribution in [2.75, 3.05) is 26.3 Å². The van der Waals surface area contributed by atoms with Crippen molar-refractivity contribution < 1.29 is 23.6 Å². The van der Waals surface area contributed by atoms with Crippen LogP contribution in [0.5, 0.6) is 11.5 Å². The third-order valence-corrected chi connectivity index (χ3v) is 3.61. The highest BCUT2D eigenvalue weighted by Crippen LogP contribution is 2.24. The highest BCUT2D eigenvalue weighted by molar-refractivity contribution is 5.94. The Balaban J connectivity index is 1.72. The summed E-state index contributed by atoms with van der Waals surface area (Å²) < 4.78 is 24.8. The predicted molar refractivity (Wildman–Crippen MR) is 84.1 cm³/mol. The fourth-order valence-electron chi connectivity index (χ4n) is 2.35. The lowest BCUT2D eigenvalue weighted by atomic mass is 10.1. The number of amides is 1. The third-order valence-electron chi connectivity index (χ3n) is 3.61. The van der Waals surface area contributed by atoms with Gasteiger partial charge in [-0.1, -0.05) is 0 Å². The number of benzene rings is 1. The Labute approximate surface area is 141 Å². The molecule has 1 saturated heterocycles. The maximum atomic E-state index is 14.3. The highest BCUT2D eigenvalue weighted by Gasteiger charge is 2.21. The smallest absolute Gasteiger partial charge is 0.363 e. The maximum Gasteiger partial charge on any atom is 0.363 e. The summed E-state index contributed by atoms with van der Waals surface area (Å²) in [4.78, 5) is 27.4. The minimum Gasteiger partial charge on any atom is -0.453 e. The highest BCUT2D eigenvalue weighted by atomic mass is 19.1. The van der Waals surface area contributed by atoms with Crippen LogP contribution in [0.25, 0.3) is 0 Å². The van der Waals surface area contributed by atoms with Crippen LogP contribution in [0.1, 0.15) is 10.4 Å². The van der Waals surface area contributed by atoms with Crippen molar-refractivity contribution in [3.8, 4) is 11.5 Å². The summed E-state index contributed by atoms with van der Waals surface area (Å²) in [5.74, 6) is -1.04. The van der Waals surface area contributed by atoms with E-state index < -0.39 is 16.6 Å². The van der Waals surface area contributed by atoms with Gasteiger partial charge in [-0.3, -0.25) is 4.79 Å². The van der Waals surface area contributed by atoms with Gasteiger partial charge in [0.15, 0.2) is 11.9 Å². The van der Waals surface area contributed by atoms with Crippen molar-refractivity contribution in [2.45, 2.75) is 0 Å². The normalized spacial score (nSPS) is 14.2. The molecule has 2 heterocycles. The lowest BCUT2D eigenvalue weighted by Gasteiger charge is -2.27. The number of nitrogens with zero attached hydrogens (tertiary/aromatic N) is 3. The topological polar surface area (TPSA) is 94.8 Å². The Hall–Kier alpha value is -3.07. The first-order chi connectivity index (χ1) is 12.0. The van der Waals surface area contributed by atoms with Crippen molar-refractivity contribution in [3.63, 3.8) is 0 Å². The third kappa shape index (κ3) is 3.89. The van der Waals surface area contributed by atoms with E-state index in [4.69, 9.17) is 9.47 Å². The molecule has 1 fully saturated rings. The monoisotopic (exact) mass is 347 g/mol. The largest absolute Gasteiger partial charge is 0.453 e. The molecule has 1 aliphatic heterocycles. The molecule has 1 aliphatic rings. The molecule has 130 valence electrons. The standard InChI is InChI=1S/C16H14FN3O5/c17-14-9-11(25-12-2-4-15(18-10-12)20(22)23)1-3-13(14)16(21)19-5-7-24-8-6-19/h1-4,9-10H,5-8H2. The summed E-state index contributed by atoms with van der Waals surface area (Å²) in [6, 6.07) is 6.44. The van der Waals surface area contributed by atoms with E-state index in [-0.39, 0.29) is 22.9 Å². The van der Waals surface area contributed by atoms with E-state index in [0.717, 1.165) is 6.07 Å². The molecule has 8 nitrogen and oxygen atoms in total. The first-order valence-corrected chi connectivity index (χ1v) is 7.49. The average Bonchev–Trinajstić information content (AvgIpc) is 2.62. The van der Waals surface area contributed by atoms with Gasteiger partial charge in [-0.25, -0.2) is 4.39 Å². The fraction of sp³-hybridized carbons (Fsp3) is 0.250. The number of carbonyl (C=O) groups is 1. The molecular weight excluding hydrogens is 333 g/mol. The molecule has 0 spiro atoms. The zero-order chi connectivity index (χ0) is 17.8. The molecule has 0 bridgehead atoms. The van der Waals surface area contributed by atoms with Gasteiger partial charge in [-0.2, -0.15) is 0 Å². The molecule has 0 N–H and O–H groups in total. The zero-order valence-electron chi connectivity index (χ0n) is 13.1. The molecule has 0 saturated carbocycles. The zero-order valence-corrected chi connectivity index (χ0v) is 13.1. The molecule has 3 rings (SSSR count). The number of aromatic nitrogens is 1. The average molecular weight is 347 g/mol. The van der Waals surface area contributed by atoms with Gasteiger partial charge in [-0.05, 0) is 28.1 Å². The summed E-state index contributed by atoms with van der Waals surface area (Å²) in [5.41, 5.74) is -0.0453. The second-order valence-electron chi connectivity index (χ2n) is 5.26. The van der Waals surface area contributed by atoms with Crippen LogP contribution in [0.3, 0.4) is 0 Å². The molecule has 1 aromatic heterocycles. The number of ether oxygens (including phenoxy) is 2. The van der Waals surface area contributed by atoms with Gasteiger partial charge in [0.05, 0.1) is 18.8 Å². The molecule has 0 unspecified atom stereocenters. The first kappa shape index (κ1) is 16.8. The van der Waals surface area contributed by atoms with E-state index in [9.17, 15) is 19.3 Å². The molecule has 1 amide bonds. The van der Waals surface area contributed by atoms with Crippen LogP contribution >= 0.6 is 0 Å². The second-order valence-corrected chi connectivity index (χ2v) is 5.26.